The number of benzene rings is 2. The lowest BCUT2D eigenvalue weighted by molar-refractivity contribution is 0.0699. The summed E-state index contributed by atoms with van der Waals surface area (Å²) in [5.41, 5.74) is 2.63. The van der Waals surface area contributed by atoms with Crippen molar-refractivity contribution in [3.63, 3.8) is 0 Å². The molecule has 1 atom stereocenters. The molecular weight excluding hydrogens is 268 g/mol. The number of rotatable bonds is 2. The van der Waals surface area contributed by atoms with Gasteiger partial charge in [0.05, 0.1) is 23.4 Å². The summed E-state index contributed by atoms with van der Waals surface area (Å²) in [6, 6.07) is 13.1. The normalized spacial score (nSPS) is 16.7. The predicted molar refractivity (Wildman–Crippen MR) is 76.8 cm³/mol. The number of ether oxygens (including phenoxy) is 1. The number of para-hydroxylation sites is 2. The van der Waals surface area contributed by atoms with Gasteiger partial charge in [0, 0.05) is 5.56 Å². The predicted octanol–water partition coefficient (Wildman–Crippen LogP) is 2.72. The molecule has 2 heterocycles. The maximum Gasteiger partial charge on any atom is 0.337 e. The largest absolute Gasteiger partial charge is 0.491 e. The molecule has 0 saturated heterocycles. The van der Waals surface area contributed by atoms with Gasteiger partial charge in [0.2, 0.25) is 0 Å². The summed E-state index contributed by atoms with van der Waals surface area (Å²) in [6.07, 6.45) is 1.69. The highest BCUT2D eigenvalue weighted by atomic mass is 16.5. The van der Waals surface area contributed by atoms with Crippen LogP contribution < -0.4 is 4.74 Å². The highest BCUT2D eigenvalue weighted by Crippen LogP contribution is 2.36. The number of nitrogens with zero attached hydrogens (tertiary/aromatic N) is 2. The second kappa shape index (κ2) is 4.34. The Balaban J connectivity index is 1.90. The van der Waals surface area contributed by atoms with Crippen molar-refractivity contribution in [3.8, 4) is 5.75 Å². The molecule has 0 saturated carbocycles. The highest BCUT2D eigenvalue weighted by molar-refractivity contribution is 6.01. The summed E-state index contributed by atoms with van der Waals surface area (Å²) in [5.74, 6) is -0.0901. The van der Waals surface area contributed by atoms with Crippen molar-refractivity contribution in [2.24, 2.45) is 0 Å². The molecule has 5 heteroatoms. The van der Waals surface area contributed by atoms with Crippen molar-refractivity contribution < 1.29 is 14.6 Å². The molecule has 5 nitrogen and oxygen atoms in total. The van der Waals surface area contributed by atoms with E-state index < -0.39 is 5.97 Å². The van der Waals surface area contributed by atoms with E-state index >= 15 is 0 Å². The molecular formula is C16H12N2O3. The fourth-order valence-electron chi connectivity index (χ4n) is 2.85. The van der Waals surface area contributed by atoms with Crippen molar-refractivity contribution in [1.29, 1.82) is 0 Å². The van der Waals surface area contributed by atoms with Gasteiger partial charge in [0.15, 0.2) is 0 Å². The first kappa shape index (κ1) is 12.0. The molecule has 2 aromatic carbocycles. The molecule has 104 valence electrons. The highest BCUT2D eigenvalue weighted by Gasteiger charge is 2.27. The number of hydrogen-bond donors (Lipinski definition) is 1. The number of aromatic nitrogens is 2. The topological polar surface area (TPSA) is 64.3 Å². The Labute approximate surface area is 120 Å². The third-order valence-electron chi connectivity index (χ3n) is 3.85. The van der Waals surface area contributed by atoms with E-state index in [-0.39, 0.29) is 11.6 Å². The van der Waals surface area contributed by atoms with Crippen LogP contribution in [-0.2, 0) is 0 Å². The molecule has 0 fully saturated rings. The van der Waals surface area contributed by atoms with Crippen LogP contribution in [0.1, 0.15) is 22.0 Å². The van der Waals surface area contributed by atoms with Gasteiger partial charge in [-0.15, -0.1) is 0 Å². The summed E-state index contributed by atoms with van der Waals surface area (Å²) in [4.78, 5) is 15.6. The monoisotopic (exact) mass is 280 g/mol. The minimum Gasteiger partial charge on any atom is -0.491 e. The van der Waals surface area contributed by atoms with E-state index in [1.807, 2.05) is 34.9 Å². The SMILES string of the molecule is O=C(O)c1cccc2c1ncn2C1COc2ccccc21. The molecule has 3 aromatic rings. The number of carboxylic acid groups (broad SMARTS) is 1. The third kappa shape index (κ3) is 1.71. The van der Waals surface area contributed by atoms with Crippen LogP contribution in [0, 0.1) is 0 Å². The van der Waals surface area contributed by atoms with Gasteiger partial charge in [-0.1, -0.05) is 24.3 Å². The minimum atomic E-state index is -0.964. The number of aromatic carboxylic acids is 1. The molecule has 0 amide bonds. The summed E-state index contributed by atoms with van der Waals surface area (Å²) >= 11 is 0. The minimum absolute atomic E-state index is 0.0234. The molecule has 0 radical (unpaired) electrons. The average Bonchev–Trinajstić information content (AvgIpc) is 3.09. The molecule has 1 aromatic heterocycles. The van der Waals surface area contributed by atoms with Crippen LogP contribution in [0.25, 0.3) is 11.0 Å². The standard InChI is InChI=1S/C16H12N2O3/c19-16(20)11-5-3-6-12-15(11)17-9-18(12)13-8-21-14-7-2-1-4-10(13)14/h1-7,9,13H,8H2,(H,19,20). The fraction of sp³-hybridized carbons (Fsp3) is 0.125. The van der Waals surface area contributed by atoms with Gasteiger partial charge in [-0.25, -0.2) is 9.78 Å². The van der Waals surface area contributed by atoms with Crippen LogP contribution in [0.2, 0.25) is 0 Å². The number of carboxylic acids is 1. The van der Waals surface area contributed by atoms with Crippen molar-refractivity contribution in [1.82, 2.24) is 9.55 Å². The van der Waals surface area contributed by atoms with Crippen molar-refractivity contribution >= 4 is 17.0 Å². The first-order valence-electron chi connectivity index (χ1n) is 6.66. The van der Waals surface area contributed by atoms with Gasteiger partial charge in [0.1, 0.15) is 17.9 Å². The summed E-state index contributed by atoms with van der Waals surface area (Å²) in [7, 11) is 0. The Bertz CT molecular complexity index is 854. The summed E-state index contributed by atoms with van der Waals surface area (Å²) < 4.78 is 7.68. The van der Waals surface area contributed by atoms with E-state index in [1.54, 1.807) is 18.5 Å². The van der Waals surface area contributed by atoms with E-state index in [4.69, 9.17) is 4.74 Å². The Kier molecular flexibility index (Phi) is 2.47. The number of fused-ring (bicyclic) bond motifs is 2. The lowest BCUT2D eigenvalue weighted by Gasteiger charge is -2.12. The quantitative estimate of drug-likeness (QED) is 0.784. The maximum absolute atomic E-state index is 11.3. The second-order valence-corrected chi connectivity index (χ2v) is 4.99. The molecule has 1 unspecified atom stereocenters. The van der Waals surface area contributed by atoms with Gasteiger partial charge < -0.3 is 14.4 Å². The maximum atomic E-state index is 11.3. The Morgan fingerprint density at radius 2 is 2.10 bits per heavy atom. The van der Waals surface area contributed by atoms with Crippen LogP contribution in [0.3, 0.4) is 0 Å². The molecule has 21 heavy (non-hydrogen) atoms. The van der Waals surface area contributed by atoms with Crippen LogP contribution >= 0.6 is 0 Å². The molecule has 0 spiro atoms. The van der Waals surface area contributed by atoms with Crippen LogP contribution in [0.15, 0.2) is 48.8 Å². The average molecular weight is 280 g/mol. The molecule has 4 rings (SSSR count). The van der Waals surface area contributed by atoms with Gasteiger partial charge in [-0.2, -0.15) is 0 Å². The Morgan fingerprint density at radius 1 is 1.24 bits per heavy atom. The number of imidazole rings is 1. The Hall–Kier alpha value is -2.82. The lowest BCUT2D eigenvalue weighted by atomic mass is 10.1. The zero-order valence-corrected chi connectivity index (χ0v) is 11.1. The van der Waals surface area contributed by atoms with E-state index in [1.165, 1.54) is 0 Å². The molecule has 0 bridgehead atoms. The first-order valence-corrected chi connectivity index (χ1v) is 6.66. The van der Waals surface area contributed by atoms with Crippen LogP contribution in [0.4, 0.5) is 0 Å². The van der Waals surface area contributed by atoms with E-state index in [2.05, 4.69) is 4.98 Å². The van der Waals surface area contributed by atoms with Crippen molar-refractivity contribution in [3.05, 3.63) is 59.9 Å². The zero-order valence-electron chi connectivity index (χ0n) is 11.1. The lowest BCUT2D eigenvalue weighted by Crippen LogP contribution is -2.11. The molecule has 1 N–H and O–H groups in total. The van der Waals surface area contributed by atoms with Gasteiger partial charge in [-0.3, -0.25) is 0 Å². The fourth-order valence-corrected chi connectivity index (χ4v) is 2.85. The van der Waals surface area contributed by atoms with E-state index in [9.17, 15) is 9.90 Å². The van der Waals surface area contributed by atoms with Gasteiger partial charge in [0.25, 0.3) is 0 Å². The van der Waals surface area contributed by atoms with E-state index in [0.717, 1.165) is 16.8 Å². The summed E-state index contributed by atoms with van der Waals surface area (Å²) in [5, 5.41) is 9.24. The van der Waals surface area contributed by atoms with Crippen LogP contribution in [0.5, 0.6) is 5.75 Å². The van der Waals surface area contributed by atoms with Crippen molar-refractivity contribution in [2.75, 3.05) is 6.61 Å². The van der Waals surface area contributed by atoms with Gasteiger partial charge in [-0.05, 0) is 18.2 Å². The number of hydrogen-bond acceptors (Lipinski definition) is 3. The molecule has 0 aliphatic carbocycles. The van der Waals surface area contributed by atoms with E-state index in [0.29, 0.717) is 12.1 Å². The zero-order chi connectivity index (χ0) is 14.4. The summed E-state index contributed by atoms with van der Waals surface area (Å²) in [6.45, 7) is 0.530. The Morgan fingerprint density at radius 3 is 2.95 bits per heavy atom. The third-order valence-corrected chi connectivity index (χ3v) is 3.85. The molecule has 1 aliphatic heterocycles. The van der Waals surface area contributed by atoms with Crippen molar-refractivity contribution in [2.45, 2.75) is 6.04 Å². The number of carbonyl (C=O) groups is 1. The smallest absolute Gasteiger partial charge is 0.337 e. The first-order chi connectivity index (χ1) is 10.3. The van der Waals surface area contributed by atoms with Gasteiger partial charge >= 0.3 is 5.97 Å². The second-order valence-electron chi connectivity index (χ2n) is 4.99. The van der Waals surface area contributed by atoms with Crippen LogP contribution in [-0.4, -0.2) is 27.2 Å². The molecule has 1 aliphatic rings.